The third kappa shape index (κ3) is 2.70. The van der Waals surface area contributed by atoms with Crippen molar-refractivity contribution in [2.45, 2.75) is 13.0 Å². The molecule has 0 aromatic heterocycles. The fourth-order valence-electron chi connectivity index (χ4n) is 1.27. The molecule has 1 aromatic rings. The number of nitrogens with one attached hydrogen (secondary N) is 1. The van der Waals surface area contributed by atoms with Crippen LogP contribution in [0.5, 0.6) is 5.75 Å². The normalized spacial score (nSPS) is 11.9. The molecule has 0 amide bonds. The Morgan fingerprint density at radius 1 is 1.47 bits per heavy atom. The van der Waals surface area contributed by atoms with E-state index in [1.807, 2.05) is 0 Å². The highest BCUT2D eigenvalue weighted by atomic mass is 16.5. The Morgan fingerprint density at radius 3 is 2.73 bits per heavy atom. The molecule has 0 fully saturated rings. The summed E-state index contributed by atoms with van der Waals surface area (Å²) in [6, 6.07) is 7.02. The Labute approximate surface area is 89.0 Å². The number of hydrogen-bond acceptors (Lipinski definition) is 4. The van der Waals surface area contributed by atoms with Crippen LogP contribution < -0.4 is 4.74 Å². The largest absolute Gasteiger partial charge is 0.496 e. The highest BCUT2D eigenvalue weighted by molar-refractivity contribution is 5.79. The van der Waals surface area contributed by atoms with Crippen molar-refractivity contribution in [3.8, 4) is 5.75 Å². The molecular formula is C11H15NO3. The molecule has 4 nitrogen and oxygen atoms in total. The van der Waals surface area contributed by atoms with Crippen LogP contribution in [0.25, 0.3) is 0 Å². The summed E-state index contributed by atoms with van der Waals surface area (Å²) in [6.07, 6.45) is -1.07. The summed E-state index contributed by atoms with van der Waals surface area (Å²) < 4.78 is 10.0. The molecule has 0 aliphatic carbocycles. The van der Waals surface area contributed by atoms with Gasteiger partial charge >= 0.3 is 0 Å². The first-order chi connectivity index (χ1) is 7.20. The molecule has 2 N–H and O–H groups in total. The van der Waals surface area contributed by atoms with Crippen molar-refractivity contribution in [2.24, 2.45) is 0 Å². The van der Waals surface area contributed by atoms with Crippen molar-refractivity contribution in [3.05, 3.63) is 29.8 Å². The summed E-state index contributed by atoms with van der Waals surface area (Å²) >= 11 is 0. The van der Waals surface area contributed by atoms with Gasteiger partial charge in [-0.3, -0.25) is 5.41 Å². The van der Waals surface area contributed by atoms with Gasteiger partial charge in [0.15, 0.2) is 6.10 Å². The lowest BCUT2D eigenvalue weighted by Gasteiger charge is -2.15. The molecule has 1 unspecified atom stereocenters. The maximum absolute atomic E-state index is 9.80. The van der Waals surface area contributed by atoms with Crippen molar-refractivity contribution in [1.82, 2.24) is 0 Å². The maximum Gasteiger partial charge on any atom is 0.215 e. The van der Waals surface area contributed by atoms with Gasteiger partial charge in [0.2, 0.25) is 5.90 Å². The number of benzene rings is 1. The van der Waals surface area contributed by atoms with Gasteiger partial charge in [0.25, 0.3) is 0 Å². The summed E-state index contributed by atoms with van der Waals surface area (Å²) in [7, 11) is 1.52. The lowest BCUT2D eigenvalue weighted by atomic mass is 10.1. The Balaban J connectivity index is 2.89. The molecule has 0 spiro atoms. The van der Waals surface area contributed by atoms with Gasteiger partial charge in [-0.2, -0.15) is 0 Å². The molecule has 1 aromatic carbocycles. The van der Waals surface area contributed by atoms with E-state index in [0.717, 1.165) is 0 Å². The maximum atomic E-state index is 9.80. The van der Waals surface area contributed by atoms with Gasteiger partial charge in [-0.1, -0.05) is 18.2 Å². The molecule has 0 aliphatic rings. The van der Waals surface area contributed by atoms with E-state index in [-0.39, 0.29) is 5.90 Å². The van der Waals surface area contributed by atoms with E-state index in [0.29, 0.717) is 17.9 Å². The Kier molecular flexibility index (Phi) is 4.12. The van der Waals surface area contributed by atoms with Gasteiger partial charge in [0.1, 0.15) is 5.75 Å². The Morgan fingerprint density at radius 2 is 2.13 bits per heavy atom. The van der Waals surface area contributed by atoms with Gasteiger partial charge in [-0.05, 0) is 13.0 Å². The third-order valence-corrected chi connectivity index (χ3v) is 1.98. The molecule has 0 bridgehead atoms. The first kappa shape index (κ1) is 11.5. The summed E-state index contributed by atoms with van der Waals surface area (Å²) in [6.45, 7) is 2.13. The Hall–Kier alpha value is -1.55. The molecule has 0 aliphatic heterocycles. The molecule has 1 rings (SSSR count). The molecule has 82 valence electrons. The second-order valence-electron chi connectivity index (χ2n) is 2.94. The quantitative estimate of drug-likeness (QED) is 0.586. The van der Waals surface area contributed by atoms with E-state index in [1.165, 1.54) is 7.11 Å². The number of aliphatic hydroxyl groups excluding tert-OH is 1. The summed E-state index contributed by atoms with van der Waals surface area (Å²) in [5, 5.41) is 17.3. The minimum atomic E-state index is -1.07. The predicted molar refractivity (Wildman–Crippen MR) is 57.3 cm³/mol. The van der Waals surface area contributed by atoms with Crippen LogP contribution in [0.4, 0.5) is 0 Å². The fraction of sp³-hybridized carbons (Fsp3) is 0.364. The van der Waals surface area contributed by atoms with Crippen LogP contribution >= 0.6 is 0 Å². The van der Waals surface area contributed by atoms with E-state index in [9.17, 15) is 5.11 Å². The molecule has 0 heterocycles. The third-order valence-electron chi connectivity index (χ3n) is 1.98. The number of hydrogen-bond donors (Lipinski definition) is 2. The van der Waals surface area contributed by atoms with Crippen molar-refractivity contribution in [3.63, 3.8) is 0 Å². The zero-order chi connectivity index (χ0) is 11.3. The average molecular weight is 209 g/mol. The molecule has 1 atom stereocenters. The highest BCUT2D eigenvalue weighted by Gasteiger charge is 2.18. The monoisotopic (exact) mass is 209 g/mol. The number of para-hydroxylation sites is 1. The number of aliphatic hydroxyl groups is 1. The standard InChI is InChI=1S/C11H15NO3/c1-3-15-11(12)10(13)8-6-4-5-7-9(8)14-2/h4-7,10,12-13H,3H2,1-2H3. The van der Waals surface area contributed by atoms with Crippen molar-refractivity contribution in [1.29, 1.82) is 5.41 Å². The van der Waals surface area contributed by atoms with Crippen molar-refractivity contribution >= 4 is 5.90 Å². The topological polar surface area (TPSA) is 62.5 Å². The molecule has 15 heavy (non-hydrogen) atoms. The molecule has 4 heteroatoms. The minimum absolute atomic E-state index is 0.165. The van der Waals surface area contributed by atoms with Crippen LogP contribution in [0.1, 0.15) is 18.6 Å². The number of ether oxygens (including phenoxy) is 2. The van der Waals surface area contributed by atoms with Crippen LogP contribution in [0.3, 0.4) is 0 Å². The van der Waals surface area contributed by atoms with E-state index in [2.05, 4.69) is 0 Å². The second kappa shape index (κ2) is 5.36. The predicted octanol–water partition coefficient (Wildman–Crippen LogP) is 1.74. The Bertz CT molecular complexity index is 338. The first-order valence-electron chi connectivity index (χ1n) is 4.73. The van der Waals surface area contributed by atoms with E-state index >= 15 is 0 Å². The summed E-state index contributed by atoms with van der Waals surface area (Å²) in [4.78, 5) is 0. The highest BCUT2D eigenvalue weighted by Crippen LogP contribution is 2.25. The van der Waals surface area contributed by atoms with Crippen molar-refractivity contribution in [2.75, 3.05) is 13.7 Å². The molecule has 0 saturated heterocycles. The first-order valence-corrected chi connectivity index (χ1v) is 4.73. The fourth-order valence-corrected chi connectivity index (χ4v) is 1.27. The summed E-state index contributed by atoms with van der Waals surface area (Å²) in [5.74, 6) is 0.386. The van der Waals surface area contributed by atoms with Crippen LogP contribution in [0.2, 0.25) is 0 Å². The zero-order valence-corrected chi connectivity index (χ0v) is 8.86. The van der Waals surface area contributed by atoms with Crippen LogP contribution in [0, 0.1) is 5.41 Å². The minimum Gasteiger partial charge on any atom is -0.496 e. The van der Waals surface area contributed by atoms with Crippen LogP contribution in [-0.4, -0.2) is 24.7 Å². The SMILES string of the molecule is CCOC(=N)C(O)c1ccccc1OC. The van der Waals surface area contributed by atoms with E-state index < -0.39 is 6.10 Å². The van der Waals surface area contributed by atoms with Gasteiger partial charge in [0.05, 0.1) is 13.7 Å². The van der Waals surface area contributed by atoms with Crippen molar-refractivity contribution < 1.29 is 14.6 Å². The summed E-state index contributed by atoms with van der Waals surface area (Å²) in [5.41, 5.74) is 0.540. The lowest BCUT2D eigenvalue weighted by Crippen LogP contribution is -2.15. The van der Waals surface area contributed by atoms with Gasteiger partial charge in [0, 0.05) is 5.56 Å². The zero-order valence-electron chi connectivity index (χ0n) is 8.86. The average Bonchev–Trinajstić information content (AvgIpc) is 2.28. The van der Waals surface area contributed by atoms with Gasteiger partial charge in [-0.25, -0.2) is 0 Å². The lowest BCUT2D eigenvalue weighted by molar-refractivity contribution is 0.187. The van der Waals surface area contributed by atoms with Gasteiger partial charge in [-0.15, -0.1) is 0 Å². The van der Waals surface area contributed by atoms with Crippen LogP contribution in [0.15, 0.2) is 24.3 Å². The smallest absolute Gasteiger partial charge is 0.215 e. The van der Waals surface area contributed by atoms with E-state index in [4.69, 9.17) is 14.9 Å². The molecule has 0 radical (unpaired) electrons. The van der Waals surface area contributed by atoms with Gasteiger partial charge < -0.3 is 14.6 Å². The number of rotatable bonds is 4. The van der Waals surface area contributed by atoms with E-state index in [1.54, 1.807) is 31.2 Å². The molecular weight excluding hydrogens is 194 g/mol. The second-order valence-corrected chi connectivity index (χ2v) is 2.94. The van der Waals surface area contributed by atoms with Crippen LogP contribution in [-0.2, 0) is 4.74 Å². The molecule has 0 saturated carbocycles. The number of methoxy groups -OCH3 is 1.